The smallest absolute Gasteiger partial charge is 0.439 e. The lowest BCUT2D eigenvalue weighted by molar-refractivity contribution is -0.0569. The summed E-state index contributed by atoms with van der Waals surface area (Å²) in [5.74, 6) is 0.269. The van der Waals surface area contributed by atoms with Crippen LogP contribution < -0.4 is 10.5 Å². The normalized spacial score (nSPS) is 20.8. The third kappa shape index (κ3) is 4.00. The molecule has 2 aliphatic heterocycles. The second-order valence-corrected chi connectivity index (χ2v) is 8.67. The lowest BCUT2D eigenvalue weighted by atomic mass is 9.81. The number of H-pyrrole nitrogens is 1. The van der Waals surface area contributed by atoms with Crippen molar-refractivity contribution in [2.24, 2.45) is 0 Å². The van der Waals surface area contributed by atoms with Crippen molar-refractivity contribution in [1.82, 2.24) is 15.0 Å². The van der Waals surface area contributed by atoms with Crippen molar-refractivity contribution in [1.29, 1.82) is 0 Å². The second kappa shape index (κ2) is 6.91. The van der Waals surface area contributed by atoms with Gasteiger partial charge >= 0.3 is 11.8 Å². The molecule has 1 unspecified atom stereocenters. The number of fused-ring (bicyclic) bond motifs is 1. The molecule has 0 saturated carbocycles. The van der Waals surface area contributed by atoms with Gasteiger partial charge in [-0.1, -0.05) is 5.16 Å². The molecule has 1 atom stereocenters. The minimum Gasteiger partial charge on any atom is -0.487 e. The molecule has 29 heavy (non-hydrogen) atoms. The molecule has 4 rings (SSSR count). The predicted octanol–water partition coefficient (Wildman–Crippen LogP) is 2.62. The van der Waals surface area contributed by atoms with Crippen LogP contribution >= 0.6 is 0 Å². The third-order valence-corrected chi connectivity index (χ3v) is 5.30. The van der Waals surface area contributed by atoms with Gasteiger partial charge < -0.3 is 19.5 Å². The molecular weight excluding hydrogens is 378 g/mol. The number of aromatic nitrogens is 2. The highest BCUT2D eigenvalue weighted by atomic mass is 16.6. The fraction of sp³-hybridized carbons (Fsp3) is 0.550. The second-order valence-electron chi connectivity index (χ2n) is 8.67. The summed E-state index contributed by atoms with van der Waals surface area (Å²) < 4.78 is 16.3. The lowest BCUT2D eigenvalue weighted by Gasteiger charge is -2.45. The standard InChI is InChI=1S/C20H25N3O6/c1-19(2,3)28-18(26)23-8-6-20(7-9-23)11-14(24)13-10-12(4-5-15(13)27-20)16-21-17(25)29-22-16/h4-5,10,14,24H,6-9,11H2,1-3H3,(H,21,22,25). The van der Waals surface area contributed by atoms with Crippen molar-refractivity contribution in [3.8, 4) is 17.1 Å². The number of aliphatic hydroxyl groups excluding tert-OH is 1. The predicted molar refractivity (Wildman–Crippen MR) is 103 cm³/mol. The van der Waals surface area contributed by atoms with Gasteiger partial charge in [0.25, 0.3) is 0 Å². The van der Waals surface area contributed by atoms with Crippen molar-refractivity contribution in [3.05, 3.63) is 34.3 Å². The monoisotopic (exact) mass is 403 g/mol. The van der Waals surface area contributed by atoms with E-state index in [1.54, 1.807) is 23.1 Å². The number of nitrogens with one attached hydrogen (secondary N) is 1. The number of rotatable bonds is 1. The Hall–Kier alpha value is -2.81. The van der Waals surface area contributed by atoms with Gasteiger partial charge in [-0.25, -0.2) is 9.59 Å². The van der Waals surface area contributed by atoms with Crippen LogP contribution in [0, 0.1) is 0 Å². The molecule has 0 bridgehead atoms. The van der Waals surface area contributed by atoms with E-state index in [2.05, 4.69) is 14.7 Å². The number of carbonyl (C=O) groups is 1. The molecule has 1 spiro atoms. The molecule has 1 fully saturated rings. The van der Waals surface area contributed by atoms with Crippen LogP contribution in [-0.2, 0) is 4.74 Å². The van der Waals surface area contributed by atoms with E-state index in [9.17, 15) is 14.7 Å². The van der Waals surface area contributed by atoms with Gasteiger partial charge in [-0.05, 0) is 39.0 Å². The molecule has 0 aliphatic carbocycles. The van der Waals surface area contributed by atoms with Crippen LogP contribution in [0.5, 0.6) is 5.75 Å². The number of likely N-dealkylation sites (tertiary alicyclic amines) is 1. The van der Waals surface area contributed by atoms with Gasteiger partial charge in [-0.3, -0.25) is 9.51 Å². The molecule has 3 heterocycles. The fourth-order valence-corrected chi connectivity index (χ4v) is 3.87. The van der Waals surface area contributed by atoms with E-state index in [-0.39, 0.29) is 6.09 Å². The zero-order chi connectivity index (χ0) is 20.8. The van der Waals surface area contributed by atoms with Crippen molar-refractivity contribution in [2.75, 3.05) is 13.1 Å². The zero-order valence-corrected chi connectivity index (χ0v) is 16.7. The molecule has 9 nitrogen and oxygen atoms in total. The SMILES string of the molecule is CC(C)(C)OC(=O)N1CCC2(CC1)CC(O)c1cc(-c3noc(=O)[nH]3)ccc1O2. The maximum absolute atomic E-state index is 12.3. The summed E-state index contributed by atoms with van der Waals surface area (Å²) in [6.07, 6.45) is 0.615. The van der Waals surface area contributed by atoms with Gasteiger partial charge in [0, 0.05) is 43.5 Å². The number of nitrogens with zero attached hydrogens (tertiary/aromatic N) is 2. The fourth-order valence-electron chi connectivity index (χ4n) is 3.87. The van der Waals surface area contributed by atoms with E-state index >= 15 is 0 Å². The summed E-state index contributed by atoms with van der Waals surface area (Å²) in [6.45, 7) is 6.55. The number of carbonyl (C=O) groups excluding carboxylic acids is 1. The maximum atomic E-state index is 12.3. The number of aromatic amines is 1. The van der Waals surface area contributed by atoms with Crippen LogP contribution in [0.4, 0.5) is 4.79 Å². The van der Waals surface area contributed by atoms with Gasteiger partial charge in [0.15, 0.2) is 5.82 Å². The molecule has 156 valence electrons. The Kier molecular flexibility index (Phi) is 4.65. The van der Waals surface area contributed by atoms with Crippen LogP contribution in [0.15, 0.2) is 27.5 Å². The molecule has 1 aromatic carbocycles. The van der Waals surface area contributed by atoms with Gasteiger partial charge in [0.2, 0.25) is 0 Å². The summed E-state index contributed by atoms with van der Waals surface area (Å²) >= 11 is 0. The molecular formula is C20H25N3O6. The Morgan fingerprint density at radius 3 is 2.69 bits per heavy atom. The first kappa shape index (κ1) is 19.5. The highest BCUT2D eigenvalue weighted by molar-refractivity contribution is 5.68. The third-order valence-electron chi connectivity index (χ3n) is 5.30. The van der Waals surface area contributed by atoms with Crippen LogP contribution in [0.3, 0.4) is 0 Å². The highest BCUT2D eigenvalue weighted by Crippen LogP contribution is 2.45. The van der Waals surface area contributed by atoms with E-state index in [1.165, 1.54) is 0 Å². The van der Waals surface area contributed by atoms with E-state index in [1.807, 2.05) is 20.8 Å². The molecule has 0 radical (unpaired) electrons. The number of benzene rings is 1. The number of aliphatic hydroxyl groups is 1. The number of hydrogen-bond donors (Lipinski definition) is 2. The average molecular weight is 403 g/mol. The largest absolute Gasteiger partial charge is 0.487 e. The van der Waals surface area contributed by atoms with Crippen molar-refractivity contribution >= 4 is 6.09 Å². The first-order valence-corrected chi connectivity index (χ1v) is 9.69. The molecule has 2 aliphatic rings. The van der Waals surface area contributed by atoms with Crippen molar-refractivity contribution in [2.45, 2.75) is 57.3 Å². The van der Waals surface area contributed by atoms with Crippen LogP contribution in [-0.4, -0.2) is 50.5 Å². The van der Waals surface area contributed by atoms with Crippen LogP contribution in [0.2, 0.25) is 0 Å². The average Bonchev–Trinajstić information content (AvgIpc) is 3.07. The summed E-state index contributed by atoms with van der Waals surface area (Å²) in [5, 5.41) is 14.5. The van der Waals surface area contributed by atoms with Crippen LogP contribution in [0.25, 0.3) is 11.4 Å². The lowest BCUT2D eigenvalue weighted by Crippen LogP contribution is -2.52. The molecule has 1 saturated heterocycles. The molecule has 2 aromatic rings. The molecule has 9 heteroatoms. The van der Waals surface area contributed by atoms with Crippen molar-refractivity contribution < 1.29 is 23.9 Å². The molecule has 1 amide bonds. The Labute approximate surface area is 167 Å². The van der Waals surface area contributed by atoms with E-state index in [4.69, 9.17) is 9.47 Å². The van der Waals surface area contributed by atoms with Gasteiger partial charge in [-0.15, -0.1) is 0 Å². The number of ether oxygens (including phenoxy) is 2. The number of hydrogen-bond acceptors (Lipinski definition) is 7. The Morgan fingerprint density at radius 2 is 2.07 bits per heavy atom. The molecule has 1 aromatic heterocycles. The van der Waals surface area contributed by atoms with Gasteiger partial charge in [0.1, 0.15) is 17.0 Å². The first-order chi connectivity index (χ1) is 13.6. The van der Waals surface area contributed by atoms with Gasteiger partial charge in [-0.2, -0.15) is 0 Å². The van der Waals surface area contributed by atoms with E-state index in [0.29, 0.717) is 55.1 Å². The Bertz CT molecular complexity index is 965. The quantitative estimate of drug-likeness (QED) is 0.751. The van der Waals surface area contributed by atoms with E-state index < -0.39 is 23.1 Å². The molecule has 2 N–H and O–H groups in total. The zero-order valence-electron chi connectivity index (χ0n) is 16.7. The Balaban J connectivity index is 1.48. The summed E-state index contributed by atoms with van der Waals surface area (Å²) in [4.78, 5) is 27.7. The maximum Gasteiger partial charge on any atom is 0.439 e. The minimum absolute atomic E-state index is 0.302. The van der Waals surface area contributed by atoms with Crippen LogP contribution in [0.1, 0.15) is 51.7 Å². The number of piperidine rings is 1. The topological polar surface area (TPSA) is 118 Å². The summed E-state index contributed by atoms with van der Waals surface area (Å²) in [5.41, 5.74) is 0.225. The Morgan fingerprint density at radius 1 is 1.34 bits per heavy atom. The summed E-state index contributed by atoms with van der Waals surface area (Å²) in [7, 11) is 0. The summed E-state index contributed by atoms with van der Waals surface area (Å²) in [6, 6.07) is 5.27. The highest BCUT2D eigenvalue weighted by Gasteiger charge is 2.44. The minimum atomic E-state index is -0.717. The van der Waals surface area contributed by atoms with Gasteiger partial charge in [0.05, 0.1) is 6.10 Å². The van der Waals surface area contributed by atoms with Crippen molar-refractivity contribution in [3.63, 3.8) is 0 Å². The van der Waals surface area contributed by atoms with E-state index in [0.717, 1.165) is 0 Å². The number of amides is 1. The first-order valence-electron chi connectivity index (χ1n) is 9.69.